The van der Waals surface area contributed by atoms with Crippen molar-refractivity contribution in [1.82, 2.24) is 4.90 Å². The molecule has 1 aliphatic carbocycles. The largest absolute Gasteiger partial charge is 0.489 e. The van der Waals surface area contributed by atoms with E-state index in [2.05, 4.69) is 53.4 Å². The Balaban J connectivity index is 1.36. The standard InChI is InChI=1S/C29H31NO/c1-3-10-25(11-4-1)29-19-23(22-31-28-13-5-2-6-14-28)15-16-27(29)21-30-18-17-24-9-7-8-12-26(24)20-30/h2,5-10,12-16,19H,1,3-4,11,17-18,20-22H2. The zero-order chi connectivity index (χ0) is 20.9. The first kappa shape index (κ1) is 20.1. The number of hydrogen-bond acceptors (Lipinski definition) is 2. The van der Waals surface area contributed by atoms with Crippen LogP contribution < -0.4 is 4.74 Å². The molecule has 0 radical (unpaired) electrons. The highest BCUT2D eigenvalue weighted by Crippen LogP contribution is 2.32. The minimum Gasteiger partial charge on any atom is -0.489 e. The van der Waals surface area contributed by atoms with E-state index in [0.717, 1.165) is 31.8 Å². The van der Waals surface area contributed by atoms with Crippen molar-refractivity contribution in [2.45, 2.75) is 51.8 Å². The number of para-hydroxylation sites is 1. The van der Waals surface area contributed by atoms with Crippen molar-refractivity contribution in [3.05, 3.63) is 107 Å². The van der Waals surface area contributed by atoms with Gasteiger partial charge in [0.2, 0.25) is 0 Å². The van der Waals surface area contributed by atoms with Crippen LogP contribution in [0.1, 0.15) is 53.5 Å². The molecule has 158 valence electrons. The molecule has 0 bridgehead atoms. The molecule has 0 unspecified atom stereocenters. The van der Waals surface area contributed by atoms with E-state index < -0.39 is 0 Å². The molecular weight excluding hydrogens is 378 g/mol. The lowest BCUT2D eigenvalue weighted by molar-refractivity contribution is 0.245. The molecule has 1 aliphatic heterocycles. The molecule has 0 aromatic heterocycles. The fourth-order valence-electron chi connectivity index (χ4n) is 4.85. The molecule has 2 heteroatoms. The number of ether oxygens (including phenoxy) is 1. The molecule has 0 fully saturated rings. The van der Waals surface area contributed by atoms with Crippen molar-refractivity contribution in [2.24, 2.45) is 0 Å². The van der Waals surface area contributed by atoms with E-state index in [1.807, 2.05) is 30.3 Å². The first-order valence-corrected chi connectivity index (χ1v) is 11.6. The molecule has 3 aromatic rings. The number of rotatable bonds is 6. The van der Waals surface area contributed by atoms with Crippen LogP contribution in [0, 0.1) is 0 Å². The second kappa shape index (κ2) is 9.53. The molecule has 0 atom stereocenters. The van der Waals surface area contributed by atoms with E-state index in [1.165, 1.54) is 59.1 Å². The van der Waals surface area contributed by atoms with Crippen LogP contribution in [0.15, 0.2) is 78.9 Å². The average molecular weight is 410 g/mol. The maximum Gasteiger partial charge on any atom is 0.119 e. The number of hydrogen-bond donors (Lipinski definition) is 0. The van der Waals surface area contributed by atoms with E-state index in [9.17, 15) is 0 Å². The zero-order valence-corrected chi connectivity index (χ0v) is 18.2. The predicted octanol–water partition coefficient (Wildman–Crippen LogP) is 6.78. The van der Waals surface area contributed by atoms with Crippen molar-refractivity contribution in [3.63, 3.8) is 0 Å². The van der Waals surface area contributed by atoms with Gasteiger partial charge in [-0.3, -0.25) is 4.90 Å². The van der Waals surface area contributed by atoms with Crippen molar-refractivity contribution >= 4 is 5.57 Å². The molecule has 2 nitrogen and oxygen atoms in total. The Morgan fingerprint density at radius 3 is 2.48 bits per heavy atom. The van der Waals surface area contributed by atoms with Gasteiger partial charge in [0.15, 0.2) is 0 Å². The molecule has 1 heterocycles. The highest BCUT2D eigenvalue weighted by molar-refractivity contribution is 5.69. The van der Waals surface area contributed by atoms with Gasteiger partial charge in [0.05, 0.1) is 0 Å². The van der Waals surface area contributed by atoms with Gasteiger partial charge < -0.3 is 4.74 Å². The number of allylic oxidation sites excluding steroid dienone is 2. The quantitative estimate of drug-likeness (QED) is 0.445. The minimum atomic E-state index is 0.613. The molecule has 0 spiro atoms. The van der Waals surface area contributed by atoms with Crippen LogP contribution >= 0.6 is 0 Å². The number of fused-ring (bicyclic) bond motifs is 1. The Kier molecular flexibility index (Phi) is 6.18. The average Bonchev–Trinajstić information content (AvgIpc) is 2.84. The van der Waals surface area contributed by atoms with Crippen LogP contribution in [0.5, 0.6) is 5.75 Å². The van der Waals surface area contributed by atoms with E-state index in [-0.39, 0.29) is 0 Å². The van der Waals surface area contributed by atoms with Crippen molar-refractivity contribution in [2.75, 3.05) is 6.54 Å². The molecule has 2 aliphatic rings. The Hall–Kier alpha value is -2.84. The molecule has 5 rings (SSSR count). The Labute approximate surface area is 186 Å². The Morgan fingerprint density at radius 2 is 1.65 bits per heavy atom. The summed E-state index contributed by atoms with van der Waals surface area (Å²) in [4.78, 5) is 2.60. The Morgan fingerprint density at radius 1 is 0.806 bits per heavy atom. The van der Waals surface area contributed by atoms with E-state index in [4.69, 9.17) is 4.74 Å². The normalized spacial score (nSPS) is 16.5. The zero-order valence-electron chi connectivity index (χ0n) is 18.2. The van der Waals surface area contributed by atoms with Gasteiger partial charge in [-0.1, -0.05) is 60.7 Å². The first-order valence-electron chi connectivity index (χ1n) is 11.6. The highest BCUT2D eigenvalue weighted by atomic mass is 16.5. The summed E-state index contributed by atoms with van der Waals surface area (Å²) in [6.45, 7) is 3.81. The topological polar surface area (TPSA) is 12.5 Å². The summed E-state index contributed by atoms with van der Waals surface area (Å²) in [6, 6.07) is 26.0. The second-order valence-corrected chi connectivity index (χ2v) is 8.80. The third-order valence-electron chi connectivity index (χ3n) is 6.56. The van der Waals surface area contributed by atoms with Crippen molar-refractivity contribution in [1.29, 1.82) is 0 Å². The third-order valence-corrected chi connectivity index (χ3v) is 6.56. The van der Waals surface area contributed by atoms with Gasteiger partial charge in [-0.05, 0) is 83.7 Å². The highest BCUT2D eigenvalue weighted by Gasteiger charge is 2.19. The van der Waals surface area contributed by atoms with Crippen LogP contribution in [0.2, 0.25) is 0 Å². The number of nitrogens with zero attached hydrogens (tertiary/aromatic N) is 1. The molecule has 0 saturated carbocycles. The van der Waals surface area contributed by atoms with Gasteiger partial charge in [-0.2, -0.15) is 0 Å². The fourth-order valence-corrected chi connectivity index (χ4v) is 4.85. The molecule has 0 saturated heterocycles. The molecule has 31 heavy (non-hydrogen) atoms. The summed E-state index contributed by atoms with van der Waals surface area (Å²) < 4.78 is 6.03. The van der Waals surface area contributed by atoms with E-state index >= 15 is 0 Å². The van der Waals surface area contributed by atoms with Gasteiger partial charge >= 0.3 is 0 Å². The minimum absolute atomic E-state index is 0.613. The summed E-state index contributed by atoms with van der Waals surface area (Å²) in [5.74, 6) is 0.928. The summed E-state index contributed by atoms with van der Waals surface area (Å²) in [5.41, 5.74) is 8.67. The van der Waals surface area contributed by atoms with Gasteiger partial charge in [-0.15, -0.1) is 0 Å². The maximum atomic E-state index is 6.03. The van der Waals surface area contributed by atoms with Gasteiger partial charge in [0.25, 0.3) is 0 Å². The summed E-state index contributed by atoms with van der Waals surface area (Å²) in [5, 5.41) is 0. The first-order chi connectivity index (χ1) is 15.3. The molecular formula is C29H31NO. The monoisotopic (exact) mass is 409 g/mol. The van der Waals surface area contributed by atoms with Gasteiger partial charge in [0.1, 0.15) is 12.4 Å². The summed E-state index contributed by atoms with van der Waals surface area (Å²) >= 11 is 0. The maximum absolute atomic E-state index is 6.03. The summed E-state index contributed by atoms with van der Waals surface area (Å²) in [7, 11) is 0. The second-order valence-electron chi connectivity index (χ2n) is 8.80. The van der Waals surface area contributed by atoms with Crippen molar-refractivity contribution < 1.29 is 4.74 Å². The molecule has 0 N–H and O–H groups in total. The van der Waals surface area contributed by atoms with Gasteiger partial charge in [0, 0.05) is 19.6 Å². The van der Waals surface area contributed by atoms with E-state index in [0.29, 0.717) is 6.61 Å². The van der Waals surface area contributed by atoms with Crippen LogP contribution in [-0.2, 0) is 26.1 Å². The number of benzene rings is 3. The fraction of sp³-hybridized carbons (Fsp3) is 0.310. The van der Waals surface area contributed by atoms with E-state index in [1.54, 1.807) is 0 Å². The SMILES string of the molecule is C1=C(c2cc(COc3ccccc3)ccc2CN2CCc3ccccc3C2)CCCC1. The van der Waals surface area contributed by atoms with Crippen LogP contribution in [0.25, 0.3) is 5.57 Å². The smallest absolute Gasteiger partial charge is 0.119 e. The van der Waals surface area contributed by atoms with Crippen LogP contribution in [0.3, 0.4) is 0 Å². The van der Waals surface area contributed by atoms with Gasteiger partial charge in [-0.25, -0.2) is 0 Å². The van der Waals surface area contributed by atoms with Crippen LogP contribution in [0.4, 0.5) is 0 Å². The lowest BCUT2D eigenvalue weighted by atomic mass is 9.89. The van der Waals surface area contributed by atoms with Crippen molar-refractivity contribution in [3.8, 4) is 5.75 Å². The third kappa shape index (κ3) is 4.91. The van der Waals surface area contributed by atoms with Crippen LogP contribution in [-0.4, -0.2) is 11.4 Å². The Bertz CT molecular complexity index is 1050. The molecule has 3 aromatic carbocycles. The summed E-state index contributed by atoms with van der Waals surface area (Å²) in [6.07, 6.45) is 8.63. The lowest BCUT2D eigenvalue weighted by Crippen LogP contribution is -2.30. The predicted molar refractivity (Wildman–Crippen MR) is 128 cm³/mol. The lowest BCUT2D eigenvalue weighted by Gasteiger charge is -2.30. The molecule has 0 amide bonds.